The van der Waals surface area contributed by atoms with Gasteiger partial charge in [0.1, 0.15) is 0 Å². The molecule has 1 rings (SSSR count). The third-order valence-corrected chi connectivity index (χ3v) is 4.01. The number of nitrogens with two attached hydrogens (primary N) is 1. The van der Waals surface area contributed by atoms with Gasteiger partial charge in [0.05, 0.1) is 0 Å². The Bertz CT molecular complexity index is 449. The normalized spacial score (nSPS) is 15.3. The second kappa shape index (κ2) is 7.13. The van der Waals surface area contributed by atoms with E-state index in [-0.39, 0.29) is 11.1 Å². The first-order valence-corrected chi connectivity index (χ1v) is 7.27. The van der Waals surface area contributed by atoms with Crippen LogP contribution in [0, 0.1) is 0 Å². The summed E-state index contributed by atoms with van der Waals surface area (Å²) in [5, 5.41) is 15.0. The molecule has 0 saturated carbocycles. The van der Waals surface area contributed by atoms with Gasteiger partial charge < -0.3 is 16.3 Å². The van der Waals surface area contributed by atoms with Crippen molar-refractivity contribution in [1.29, 1.82) is 0 Å². The van der Waals surface area contributed by atoms with Crippen LogP contribution in [0.5, 0.6) is 0 Å². The van der Waals surface area contributed by atoms with Crippen molar-refractivity contribution < 1.29 is 9.42 Å². The van der Waals surface area contributed by atoms with Crippen molar-refractivity contribution in [2.75, 3.05) is 12.8 Å². The zero-order valence-electron chi connectivity index (χ0n) is 10.6. The molecule has 100 valence electrons. The molecule has 0 spiro atoms. The summed E-state index contributed by atoms with van der Waals surface area (Å²) in [6, 6.07) is 7.44. The van der Waals surface area contributed by atoms with Crippen LogP contribution in [-0.2, 0) is 17.3 Å². The maximum absolute atomic E-state index is 11.2. The molecule has 0 aliphatic carbocycles. The lowest BCUT2D eigenvalue weighted by atomic mass is 10.1. The lowest BCUT2D eigenvalue weighted by Crippen LogP contribution is -2.28. The van der Waals surface area contributed by atoms with Gasteiger partial charge in [-0.05, 0) is 12.5 Å². The third kappa shape index (κ3) is 4.12. The average molecular weight is 269 g/mol. The topological polar surface area (TPSA) is 87.7 Å². The first-order valence-electron chi connectivity index (χ1n) is 5.65. The maximum atomic E-state index is 11.2. The van der Waals surface area contributed by atoms with Gasteiger partial charge in [-0.15, -0.1) is 0 Å². The van der Waals surface area contributed by atoms with Gasteiger partial charge in [-0.2, -0.15) is 0 Å². The van der Waals surface area contributed by atoms with E-state index in [0.717, 1.165) is 5.56 Å². The standard InChI is InChI=1S/C12H19N3O2S/c1-9(18(2)17)7-14-8-10-5-3-4-6-11(10)12(13)15-16/h3-6,9,14,16H,7-8H2,1-2H3,(H2,13,15). The highest BCUT2D eigenvalue weighted by Crippen LogP contribution is 2.08. The monoisotopic (exact) mass is 269 g/mol. The van der Waals surface area contributed by atoms with Gasteiger partial charge in [0, 0.05) is 41.0 Å². The van der Waals surface area contributed by atoms with Crippen molar-refractivity contribution in [2.45, 2.75) is 18.7 Å². The lowest BCUT2D eigenvalue weighted by Gasteiger charge is -2.12. The molecule has 0 heterocycles. The van der Waals surface area contributed by atoms with Crippen molar-refractivity contribution in [3.8, 4) is 0 Å². The van der Waals surface area contributed by atoms with E-state index in [4.69, 9.17) is 10.9 Å². The molecule has 0 radical (unpaired) electrons. The molecule has 0 saturated heterocycles. The van der Waals surface area contributed by atoms with Crippen LogP contribution in [0.15, 0.2) is 29.4 Å². The average Bonchev–Trinajstić information content (AvgIpc) is 2.38. The minimum absolute atomic E-state index is 0.0968. The van der Waals surface area contributed by atoms with Crippen molar-refractivity contribution in [2.24, 2.45) is 10.9 Å². The fraction of sp³-hybridized carbons (Fsp3) is 0.417. The second-order valence-corrected chi connectivity index (χ2v) is 5.88. The second-order valence-electron chi connectivity index (χ2n) is 4.08. The SMILES string of the molecule is CC(CNCc1ccccc1/C(N)=N/O)S(C)=O. The molecule has 18 heavy (non-hydrogen) atoms. The van der Waals surface area contributed by atoms with Crippen LogP contribution in [0.25, 0.3) is 0 Å². The number of rotatable bonds is 6. The Kier molecular flexibility index (Phi) is 5.80. The largest absolute Gasteiger partial charge is 0.409 e. The lowest BCUT2D eigenvalue weighted by molar-refractivity contribution is 0.318. The van der Waals surface area contributed by atoms with Crippen LogP contribution in [0.1, 0.15) is 18.1 Å². The van der Waals surface area contributed by atoms with Gasteiger partial charge in [-0.1, -0.05) is 29.4 Å². The molecule has 0 aliphatic rings. The van der Waals surface area contributed by atoms with Crippen LogP contribution in [-0.4, -0.2) is 33.3 Å². The molecule has 1 aromatic carbocycles. The Labute approximate surface area is 110 Å². The predicted octanol–water partition coefficient (Wildman–Crippen LogP) is 0.638. The summed E-state index contributed by atoms with van der Waals surface area (Å²) in [7, 11) is -0.835. The van der Waals surface area contributed by atoms with Gasteiger partial charge in [0.15, 0.2) is 5.84 Å². The van der Waals surface area contributed by atoms with Crippen molar-refractivity contribution in [1.82, 2.24) is 5.32 Å². The highest BCUT2D eigenvalue weighted by Gasteiger charge is 2.08. The number of hydrogen-bond acceptors (Lipinski definition) is 4. The Morgan fingerprint density at radius 1 is 1.56 bits per heavy atom. The van der Waals surface area contributed by atoms with Gasteiger partial charge in [-0.25, -0.2) is 0 Å². The smallest absolute Gasteiger partial charge is 0.170 e. The number of nitrogens with one attached hydrogen (secondary N) is 1. The highest BCUT2D eigenvalue weighted by atomic mass is 32.2. The fourth-order valence-corrected chi connectivity index (χ4v) is 1.86. The summed E-state index contributed by atoms with van der Waals surface area (Å²) in [4.78, 5) is 0. The summed E-state index contributed by atoms with van der Waals surface area (Å²) in [5.74, 6) is 0.0968. The molecule has 0 aliphatic heterocycles. The van der Waals surface area contributed by atoms with E-state index in [1.54, 1.807) is 12.3 Å². The van der Waals surface area contributed by atoms with Gasteiger partial charge in [0.2, 0.25) is 0 Å². The zero-order valence-corrected chi connectivity index (χ0v) is 11.4. The summed E-state index contributed by atoms with van der Waals surface area (Å²) < 4.78 is 11.2. The molecule has 2 atom stereocenters. The molecule has 0 aromatic heterocycles. The van der Waals surface area contributed by atoms with Crippen LogP contribution in [0.4, 0.5) is 0 Å². The molecule has 4 N–H and O–H groups in total. The first-order chi connectivity index (χ1) is 8.56. The number of oxime groups is 1. The Morgan fingerprint density at radius 2 is 2.22 bits per heavy atom. The summed E-state index contributed by atoms with van der Waals surface area (Å²) in [6.07, 6.45) is 1.69. The van der Waals surface area contributed by atoms with Crippen molar-refractivity contribution in [3.63, 3.8) is 0 Å². The highest BCUT2D eigenvalue weighted by molar-refractivity contribution is 7.84. The van der Waals surface area contributed by atoms with Crippen LogP contribution < -0.4 is 11.1 Å². The number of nitrogens with zero attached hydrogens (tertiary/aromatic N) is 1. The Hall–Kier alpha value is -1.40. The maximum Gasteiger partial charge on any atom is 0.170 e. The molecule has 0 fully saturated rings. The van der Waals surface area contributed by atoms with Crippen molar-refractivity contribution in [3.05, 3.63) is 35.4 Å². The number of hydrogen-bond donors (Lipinski definition) is 3. The molecule has 0 bridgehead atoms. The van der Waals surface area contributed by atoms with Crippen LogP contribution in [0.3, 0.4) is 0 Å². The number of benzene rings is 1. The Balaban J connectivity index is 2.65. The van der Waals surface area contributed by atoms with Crippen LogP contribution >= 0.6 is 0 Å². The van der Waals surface area contributed by atoms with Crippen molar-refractivity contribution >= 4 is 16.6 Å². The van der Waals surface area contributed by atoms with E-state index in [0.29, 0.717) is 18.7 Å². The molecule has 0 amide bonds. The van der Waals surface area contributed by atoms with Gasteiger partial charge in [0.25, 0.3) is 0 Å². The molecule has 2 unspecified atom stereocenters. The molecular formula is C12H19N3O2S. The minimum Gasteiger partial charge on any atom is -0.409 e. The van der Waals surface area contributed by atoms with E-state index < -0.39 is 10.8 Å². The van der Waals surface area contributed by atoms with E-state index >= 15 is 0 Å². The molecule has 5 nitrogen and oxygen atoms in total. The quantitative estimate of drug-likeness (QED) is 0.306. The molecular weight excluding hydrogens is 250 g/mol. The van der Waals surface area contributed by atoms with Gasteiger partial charge in [-0.3, -0.25) is 4.21 Å². The molecule has 1 aromatic rings. The van der Waals surface area contributed by atoms with E-state index in [9.17, 15) is 4.21 Å². The number of amidine groups is 1. The summed E-state index contributed by atoms with van der Waals surface area (Å²) >= 11 is 0. The first kappa shape index (κ1) is 14.7. The van der Waals surface area contributed by atoms with E-state index in [2.05, 4.69) is 10.5 Å². The van der Waals surface area contributed by atoms with E-state index in [1.165, 1.54) is 0 Å². The van der Waals surface area contributed by atoms with E-state index in [1.807, 2.05) is 25.1 Å². The minimum atomic E-state index is -0.835. The fourth-order valence-electron chi connectivity index (χ4n) is 1.51. The summed E-state index contributed by atoms with van der Waals surface area (Å²) in [6.45, 7) is 3.18. The van der Waals surface area contributed by atoms with Crippen LogP contribution in [0.2, 0.25) is 0 Å². The molecule has 6 heteroatoms. The predicted molar refractivity (Wildman–Crippen MR) is 74.2 cm³/mol. The summed E-state index contributed by atoms with van der Waals surface area (Å²) in [5.41, 5.74) is 7.25. The zero-order chi connectivity index (χ0) is 13.5. The van der Waals surface area contributed by atoms with Gasteiger partial charge >= 0.3 is 0 Å². The third-order valence-electron chi connectivity index (χ3n) is 2.71. The Morgan fingerprint density at radius 3 is 2.83 bits per heavy atom.